The quantitative estimate of drug-likeness (QED) is 0.753. The molecule has 2 saturated carbocycles. The van der Waals surface area contributed by atoms with E-state index in [2.05, 4.69) is 10.6 Å². The highest BCUT2D eigenvalue weighted by molar-refractivity contribution is 5.97. The number of rotatable bonds is 6. The third-order valence-electron chi connectivity index (χ3n) is 4.92. The summed E-state index contributed by atoms with van der Waals surface area (Å²) in [5.41, 5.74) is 6.57. The van der Waals surface area contributed by atoms with Crippen molar-refractivity contribution >= 4 is 17.5 Å². The van der Waals surface area contributed by atoms with E-state index < -0.39 is 5.91 Å². The number of hydrogen-bond donors (Lipinski definition) is 3. The van der Waals surface area contributed by atoms with E-state index in [4.69, 9.17) is 5.73 Å². The maximum Gasteiger partial charge on any atom is 0.251 e. The number of carbonyl (C=O) groups is 2. The second-order valence-corrected chi connectivity index (χ2v) is 6.84. The molecule has 124 valence electrons. The van der Waals surface area contributed by atoms with E-state index in [0.29, 0.717) is 11.6 Å². The Morgan fingerprint density at radius 2 is 1.96 bits per heavy atom. The van der Waals surface area contributed by atoms with Crippen LogP contribution < -0.4 is 16.4 Å². The number of benzene rings is 1. The number of primary amides is 1. The second kappa shape index (κ2) is 7.02. The molecule has 2 fully saturated rings. The van der Waals surface area contributed by atoms with Crippen LogP contribution in [0, 0.1) is 11.8 Å². The molecule has 0 heterocycles. The van der Waals surface area contributed by atoms with Crippen molar-refractivity contribution in [1.29, 1.82) is 0 Å². The van der Waals surface area contributed by atoms with Gasteiger partial charge < -0.3 is 16.4 Å². The number of anilines is 1. The molecule has 5 nitrogen and oxygen atoms in total. The van der Waals surface area contributed by atoms with Gasteiger partial charge in [-0.05, 0) is 55.7 Å². The standard InChI is InChI=1S/C18H25N3O2/c19-17(22)11-20-18(23)14-4-2-6-16(10-14)21-15-5-1-3-13(9-15)12-7-8-12/h2,4,6,10,12-13,15,21H,1,3,5,7-9,11H2,(H2,19,22)(H,20,23)/t13-,15+/m1/s1. The minimum atomic E-state index is -0.541. The van der Waals surface area contributed by atoms with Gasteiger partial charge in [0.15, 0.2) is 0 Å². The first-order chi connectivity index (χ1) is 11.1. The van der Waals surface area contributed by atoms with Crippen molar-refractivity contribution in [2.24, 2.45) is 17.6 Å². The van der Waals surface area contributed by atoms with Crippen LogP contribution in [0.15, 0.2) is 24.3 Å². The SMILES string of the molecule is NC(=O)CNC(=O)c1cccc(N[C@H]2CCC[C@@H](C3CC3)C2)c1. The van der Waals surface area contributed by atoms with Crippen molar-refractivity contribution in [3.05, 3.63) is 29.8 Å². The van der Waals surface area contributed by atoms with Crippen LogP contribution in [0.25, 0.3) is 0 Å². The van der Waals surface area contributed by atoms with Crippen LogP contribution in [0.4, 0.5) is 5.69 Å². The van der Waals surface area contributed by atoms with E-state index in [-0.39, 0.29) is 12.5 Å². The molecule has 2 amide bonds. The molecule has 2 aliphatic carbocycles. The van der Waals surface area contributed by atoms with E-state index in [9.17, 15) is 9.59 Å². The summed E-state index contributed by atoms with van der Waals surface area (Å²) in [6, 6.07) is 7.94. The first-order valence-corrected chi connectivity index (χ1v) is 8.55. The van der Waals surface area contributed by atoms with Crippen LogP contribution in [0.2, 0.25) is 0 Å². The Balaban J connectivity index is 1.58. The summed E-state index contributed by atoms with van der Waals surface area (Å²) in [4.78, 5) is 22.7. The molecule has 3 rings (SSSR count). The number of carbonyl (C=O) groups excluding carboxylic acids is 2. The summed E-state index contributed by atoms with van der Waals surface area (Å²) >= 11 is 0. The molecule has 0 aromatic heterocycles. The number of hydrogen-bond acceptors (Lipinski definition) is 3. The minimum absolute atomic E-state index is 0.137. The van der Waals surface area contributed by atoms with Gasteiger partial charge in [-0.15, -0.1) is 0 Å². The normalized spacial score (nSPS) is 24.0. The zero-order valence-corrected chi connectivity index (χ0v) is 13.4. The number of nitrogens with one attached hydrogen (secondary N) is 2. The van der Waals surface area contributed by atoms with Crippen molar-refractivity contribution in [2.45, 2.75) is 44.6 Å². The van der Waals surface area contributed by atoms with Crippen LogP contribution in [-0.2, 0) is 4.79 Å². The number of amides is 2. The summed E-state index contributed by atoms with van der Waals surface area (Å²) in [5, 5.41) is 6.10. The first-order valence-electron chi connectivity index (χ1n) is 8.55. The van der Waals surface area contributed by atoms with E-state index >= 15 is 0 Å². The molecule has 0 unspecified atom stereocenters. The van der Waals surface area contributed by atoms with Crippen LogP contribution in [0.5, 0.6) is 0 Å². The summed E-state index contributed by atoms with van der Waals surface area (Å²) < 4.78 is 0. The minimum Gasteiger partial charge on any atom is -0.382 e. The van der Waals surface area contributed by atoms with Crippen molar-refractivity contribution in [1.82, 2.24) is 5.32 Å². The molecule has 5 heteroatoms. The Hall–Kier alpha value is -2.04. The average molecular weight is 315 g/mol. The fourth-order valence-electron chi connectivity index (χ4n) is 3.61. The molecule has 1 aromatic rings. The van der Waals surface area contributed by atoms with Gasteiger partial charge in [0.2, 0.25) is 5.91 Å². The molecule has 0 radical (unpaired) electrons. The van der Waals surface area contributed by atoms with Gasteiger partial charge in [0, 0.05) is 17.3 Å². The summed E-state index contributed by atoms with van der Waals surface area (Å²) in [7, 11) is 0. The van der Waals surface area contributed by atoms with Crippen LogP contribution in [-0.4, -0.2) is 24.4 Å². The molecule has 0 aliphatic heterocycles. The summed E-state index contributed by atoms with van der Waals surface area (Å²) in [6.45, 7) is -0.137. The monoisotopic (exact) mass is 315 g/mol. The molecule has 23 heavy (non-hydrogen) atoms. The molecular formula is C18H25N3O2. The lowest BCUT2D eigenvalue weighted by Crippen LogP contribution is -2.33. The number of nitrogens with two attached hydrogens (primary N) is 1. The van der Waals surface area contributed by atoms with Crippen molar-refractivity contribution in [2.75, 3.05) is 11.9 Å². The Morgan fingerprint density at radius 1 is 1.13 bits per heavy atom. The Labute approximate surface area is 137 Å². The summed E-state index contributed by atoms with van der Waals surface area (Å²) in [5.74, 6) is 1.03. The van der Waals surface area contributed by atoms with Gasteiger partial charge >= 0.3 is 0 Å². The van der Waals surface area contributed by atoms with Crippen LogP contribution in [0.1, 0.15) is 48.9 Å². The summed E-state index contributed by atoms with van der Waals surface area (Å²) in [6.07, 6.45) is 7.92. The van der Waals surface area contributed by atoms with Crippen molar-refractivity contribution in [3.8, 4) is 0 Å². The third-order valence-corrected chi connectivity index (χ3v) is 4.92. The molecule has 2 atom stereocenters. The van der Waals surface area contributed by atoms with Crippen molar-refractivity contribution in [3.63, 3.8) is 0 Å². The van der Waals surface area contributed by atoms with Crippen LogP contribution in [0.3, 0.4) is 0 Å². The predicted molar refractivity (Wildman–Crippen MR) is 90.1 cm³/mol. The second-order valence-electron chi connectivity index (χ2n) is 6.84. The smallest absolute Gasteiger partial charge is 0.251 e. The lowest BCUT2D eigenvalue weighted by atomic mass is 9.82. The van der Waals surface area contributed by atoms with Crippen LogP contribution >= 0.6 is 0 Å². The molecule has 2 aliphatic rings. The van der Waals surface area contributed by atoms with Gasteiger partial charge in [-0.2, -0.15) is 0 Å². The highest BCUT2D eigenvalue weighted by Gasteiger charge is 2.34. The third kappa shape index (κ3) is 4.47. The Morgan fingerprint density at radius 3 is 2.70 bits per heavy atom. The topological polar surface area (TPSA) is 84.2 Å². The van der Waals surface area contributed by atoms with Gasteiger partial charge in [0.05, 0.1) is 6.54 Å². The molecule has 1 aromatic carbocycles. The van der Waals surface area contributed by atoms with E-state index in [1.54, 1.807) is 6.07 Å². The highest BCUT2D eigenvalue weighted by atomic mass is 16.2. The van der Waals surface area contributed by atoms with Gasteiger partial charge in [-0.25, -0.2) is 0 Å². The molecule has 0 saturated heterocycles. The lowest BCUT2D eigenvalue weighted by molar-refractivity contribution is -0.117. The van der Waals surface area contributed by atoms with Gasteiger partial charge in [-0.1, -0.05) is 18.9 Å². The molecular weight excluding hydrogens is 290 g/mol. The van der Waals surface area contributed by atoms with Gasteiger partial charge in [-0.3, -0.25) is 9.59 Å². The molecule has 0 spiro atoms. The van der Waals surface area contributed by atoms with Gasteiger partial charge in [0.25, 0.3) is 5.91 Å². The fourth-order valence-corrected chi connectivity index (χ4v) is 3.61. The lowest BCUT2D eigenvalue weighted by Gasteiger charge is -2.30. The zero-order valence-electron chi connectivity index (χ0n) is 13.4. The maximum absolute atomic E-state index is 12.0. The fraction of sp³-hybridized carbons (Fsp3) is 0.556. The van der Waals surface area contributed by atoms with Gasteiger partial charge in [0.1, 0.15) is 0 Å². The molecule has 4 N–H and O–H groups in total. The zero-order chi connectivity index (χ0) is 16.2. The largest absolute Gasteiger partial charge is 0.382 e. The predicted octanol–water partition coefficient (Wildman–Crippen LogP) is 2.28. The Kier molecular flexibility index (Phi) is 4.84. The first kappa shape index (κ1) is 15.8. The molecule has 0 bridgehead atoms. The highest BCUT2D eigenvalue weighted by Crippen LogP contribution is 2.44. The van der Waals surface area contributed by atoms with Crippen molar-refractivity contribution < 1.29 is 9.59 Å². The Bertz CT molecular complexity index is 583. The maximum atomic E-state index is 12.0. The van der Waals surface area contributed by atoms with E-state index in [1.807, 2.05) is 18.2 Å². The van der Waals surface area contributed by atoms with E-state index in [1.165, 1.54) is 38.5 Å². The van der Waals surface area contributed by atoms with E-state index in [0.717, 1.165) is 17.5 Å². The average Bonchev–Trinajstić information content (AvgIpc) is 3.38.